The number of carbonyl (C=O) groups is 1. The molecule has 0 bridgehead atoms. The van der Waals surface area contributed by atoms with Gasteiger partial charge in [-0.05, 0) is 18.2 Å². The molecule has 2 rings (SSSR count). The average molecular weight is 255 g/mol. The van der Waals surface area contributed by atoms with Crippen LogP contribution in [0, 0.1) is 0 Å². The minimum Gasteiger partial charge on any atom is -0.399 e. The Hall–Kier alpha value is -1.85. The molecule has 1 aliphatic rings. The lowest BCUT2D eigenvalue weighted by Crippen LogP contribution is -2.44. The van der Waals surface area contributed by atoms with E-state index in [0.29, 0.717) is 11.4 Å². The van der Waals surface area contributed by atoms with Gasteiger partial charge in [0.1, 0.15) is 0 Å². The van der Waals surface area contributed by atoms with Crippen molar-refractivity contribution in [2.24, 2.45) is 0 Å². The summed E-state index contributed by atoms with van der Waals surface area (Å²) in [4.78, 5) is 13.2. The van der Waals surface area contributed by atoms with E-state index in [1.807, 2.05) is 0 Å². The molecule has 0 saturated carbocycles. The van der Waals surface area contributed by atoms with E-state index in [4.69, 9.17) is 5.73 Å². The lowest BCUT2D eigenvalue weighted by Gasteiger charge is -2.31. The number of urea groups is 1. The highest BCUT2D eigenvalue weighted by molar-refractivity contribution is 5.89. The van der Waals surface area contributed by atoms with Gasteiger partial charge in [0, 0.05) is 37.3 Å². The Morgan fingerprint density at radius 1 is 1.33 bits per heavy atom. The summed E-state index contributed by atoms with van der Waals surface area (Å²) in [6.45, 7) is 0.141. The Kier molecular flexibility index (Phi) is 3.36. The van der Waals surface area contributed by atoms with Gasteiger partial charge < -0.3 is 16.0 Å². The van der Waals surface area contributed by atoms with Crippen molar-refractivity contribution < 1.29 is 13.6 Å². The fourth-order valence-corrected chi connectivity index (χ4v) is 1.86. The number of halogens is 2. The van der Waals surface area contributed by atoms with Crippen LogP contribution in [0.15, 0.2) is 24.3 Å². The van der Waals surface area contributed by atoms with Gasteiger partial charge in [-0.3, -0.25) is 0 Å². The molecular formula is C12H15F2N3O. The molecule has 3 N–H and O–H groups in total. The molecule has 1 heterocycles. The van der Waals surface area contributed by atoms with Crippen molar-refractivity contribution >= 4 is 17.4 Å². The van der Waals surface area contributed by atoms with E-state index in [-0.39, 0.29) is 32.0 Å². The van der Waals surface area contributed by atoms with Crippen LogP contribution in [-0.4, -0.2) is 29.9 Å². The molecule has 0 atom stereocenters. The minimum atomic E-state index is -2.64. The van der Waals surface area contributed by atoms with Gasteiger partial charge in [0.15, 0.2) is 0 Å². The summed E-state index contributed by atoms with van der Waals surface area (Å²) < 4.78 is 25.9. The number of piperidine rings is 1. The number of nitrogen functional groups attached to an aromatic ring is 1. The number of anilines is 2. The average Bonchev–Trinajstić information content (AvgIpc) is 2.28. The highest BCUT2D eigenvalue weighted by Gasteiger charge is 2.35. The Morgan fingerprint density at radius 2 is 2.00 bits per heavy atom. The molecule has 1 saturated heterocycles. The van der Waals surface area contributed by atoms with Crippen LogP contribution in [0.2, 0.25) is 0 Å². The number of alkyl halides is 2. The topological polar surface area (TPSA) is 58.4 Å². The number of rotatable bonds is 1. The zero-order valence-electron chi connectivity index (χ0n) is 9.83. The number of amides is 2. The summed E-state index contributed by atoms with van der Waals surface area (Å²) in [5.74, 6) is -2.64. The first kappa shape index (κ1) is 12.6. The van der Waals surface area contributed by atoms with Gasteiger partial charge in [-0.25, -0.2) is 13.6 Å². The fraction of sp³-hybridized carbons (Fsp3) is 0.417. The monoisotopic (exact) mass is 255 g/mol. The number of nitrogens with two attached hydrogens (primary N) is 1. The number of nitrogens with one attached hydrogen (secondary N) is 1. The Balaban J connectivity index is 1.93. The second-order valence-electron chi connectivity index (χ2n) is 4.40. The molecule has 4 nitrogen and oxygen atoms in total. The smallest absolute Gasteiger partial charge is 0.321 e. The number of carbonyl (C=O) groups excluding carboxylic acids is 1. The lowest BCUT2D eigenvalue weighted by atomic mass is 10.1. The van der Waals surface area contributed by atoms with Gasteiger partial charge in [-0.2, -0.15) is 0 Å². The van der Waals surface area contributed by atoms with Crippen LogP contribution in [0.5, 0.6) is 0 Å². The van der Waals surface area contributed by atoms with Crippen molar-refractivity contribution in [3.63, 3.8) is 0 Å². The van der Waals surface area contributed by atoms with Crippen molar-refractivity contribution in [1.82, 2.24) is 4.90 Å². The quantitative estimate of drug-likeness (QED) is 0.757. The summed E-state index contributed by atoms with van der Waals surface area (Å²) in [5.41, 5.74) is 6.69. The van der Waals surface area contributed by atoms with Gasteiger partial charge >= 0.3 is 6.03 Å². The number of nitrogens with zero attached hydrogens (tertiary/aromatic N) is 1. The maximum atomic E-state index is 12.9. The standard InChI is InChI=1S/C12H15F2N3O/c13-12(14)4-6-17(7-5-12)11(18)16-10-3-1-2-9(15)8-10/h1-3,8H,4-7,15H2,(H,16,18). The molecule has 1 aromatic carbocycles. The summed E-state index contributed by atoms with van der Waals surface area (Å²) in [5, 5.41) is 2.64. The number of hydrogen-bond donors (Lipinski definition) is 2. The number of likely N-dealkylation sites (tertiary alicyclic amines) is 1. The van der Waals surface area contributed by atoms with Crippen LogP contribution in [0.1, 0.15) is 12.8 Å². The Morgan fingerprint density at radius 3 is 2.61 bits per heavy atom. The predicted molar refractivity (Wildman–Crippen MR) is 65.6 cm³/mol. The Bertz CT molecular complexity index is 441. The summed E-state index contributed by atoms with van der Waals surface area (Å²) in [7, 11) is 0. The maximum absolute atomic E-state index is 12.9. The zero-order chi connectivity index (χ0) is 13.2. The third kappa shape index (κ3) is 3.09. The molecule has 0 radical (unpaired) electrons. The second kappa shape index (κ2) is 4.80. The lowest BCUT2D eigenvalue weighted by molar-refractivity contribution is -0.0461. The normalized spacial score (nSPS) is 18.4. The van der Waals surface area contributed by atoms with Gasteiger partial charge in [-0.15, -0.1) is 0 Å². The van der Waals surface area contributed by atoms with Gasteiger partial charge in [-0.1, -0.05) is 6.07 Å². The first-order valence-corrected chi connectivity index (χ1v) is 5.76. The van der Waals surface area contributed by atoms with E-state index in [9.17, 15) is 13.6 Å². The molecule has 0 spiro atoms. The van der Waals surface area contributed by atoms with E-state index >= 15 is 0 Å². The van der Waals surface area contributed by atoms with E-state index in [0.717, 1.165) is 0 Å². The van der Waals surface area contributed by atoms with Gasteiger partial charge in [0.2, 0.25) is 0 Å². The molecule has 0 aliphatic carbocycles. The molecule has 1 aliphatic heterocycles. The van der Waals surface area contributed by atoms with E-state index in [2.05, 4.69) is 5.32 Å². The minimum absolute atomic E-state index is 0.0706. The van der Waals surface area contributed by atoms with Gasteiger partial charge in [0.25, 0.3) is 5.92 Å². The van der Waals surface area contributed by atoms with Crippen molar-refractivity contribution in [3.8, 4) is 0 Å². The van der Waals surface area contributed by atoms with Crippen molar-refractivity contribution in [2.45, 2.75) is 18.8 Å². The van der Waals surface area contributed by atoms with Crippen LogP contribution in [0.25, 0.3) is 0 Å². The fourth-order valence-electron chi connectivity index (χ4n) is 1.86. The van der Waals surface area contributed by atoms with Crippen molar-refractivity contribution in [2.75, 3.05) is 24.1 Å². The maximum Gasteiger partial charge on any atom is 0.321 e. The molecule has 2 amide bonds. The highest BCUT2D eigenvalue weighted by atomic mass is 19.3. The summed E-state index contributed by atoms with van der Waals surface area (Å²) >= 11 is 0. The van der Waals surface area contributed by atoms with Crippen molar-refractivity contribution in [3.05, 3.63) is 24.3 Å². The van der Waals surface area contributed by atoms with Crippen LogP contribution in [-0.2, 0) is 0 Å². The first-order valence-electron chi connectivity index (χ1n) is 5.76. The molecule has 1 aromatic rings. The molecule has 18 heavy (non-hydrogen) atoms. The SMILES string of the molecule is Nc1cccc(NC(=O)N2CCC(F)(F)CC2)c1. The van der Waals surface area contributed by atoms with Crippen LogP contribution in [0.3, 0.4) is 0 Å². The predicted octanol–water partition coefficient (Wildman–Crippen LogP) is 2.53. The molecule has 6 heteroatoms. The molecule has 0 unspecified atom stereocenters. The van der Waals surface area contributed by atoms with Crippen LogP contribution < -0.4 is 11.1 Å². The van der Waals surface area contributed by atoms with Crippen LogP contribution >= 0.6 is 0 Å². The zero-order valence-corrected chi connectivity index (χ0v) is 9.83. The van der Waals surface area contributed by atoms with Crippen molar-refractivity contribution in [1.29, 1.82) is 0 Å². The van der Waals surface area contributed by atoms with E-state index in [1.54, 1.807) is 24.3 Å². The summed E-state index contributed by atoms with van der Waals surface area (Å²) in [6, 6.07) is 6.38. The molecule has 1 fully saturated rings. The molecule has 0 aromatic heterocycles. The van der Waals surface area contributed by atoms with Crippen LogP contribution in [0.4, 0.5) is 25.0 Å². The highest BCUT2D eigenvalue weighted by Crippen LogP contribution is 2.27. The summed E-state index contributed by atoms with van der Waals surface area (Å²) in [6.07, 6.45) is -0.561. The first-order chi connectivity index (χ1) is 8.46. The Labute approximate surface area is 104 Å². The second-order valence-corrected chi connectivity index (χ2v) is 4.40. The van der Waals surface area contributed by atoms with E-state index < -0.39 is 5.92 Å². The molecule has 98 valence electrons. The number of benzene rings is 1. The third-order valence-corrected chi connectivity index (χ3v) is 2.92. The number of hydrogen-bond acceptors (Lipinski definition) is 2. The molecular weight excluding hydrogens is 240 g/mol. The van der Waals surface area contributed by atoms with E-state index in [1.165, 1.54) is 4.90 Å². The van der Waals surface area contributed by atoms with Gasteiger partial charge in [0.05, 0.1) is 0 Å². The largest absolute Gasteiger partial charge is 0.399 e. The third-order valence-electron chi connectivity index (χ3n) is 2.92.